The van der Waals surface area contributed by atoms with E-state index in [1.807, 2.05) is 0 Å². The smallest absolute Gasteiger partial charge is 0.320 e. The minimum absolute atomic E-state index is 0.339. The van der Waals surface area contributed by atoms with Crippen molar-refractivity contribution in [3.8, 4) is 0 Å². The Morgan fingerprint density at radius 1 is 0.909 bits per heavy atom. The van der Waals surface area contributed by atoms with Crippen molar-refractivity contribution in [1.29, 1.82) is 0 Å². The van der Waals surface area contributed by atoms with Crippen molar-refractivity contribution < 1.29 is 9.90 Å². The van der Waals surface area contributed by atoms with Crippen LogP contribution in [-0.2, 0) is 11.2 Å². The molecule has 0 aliphatic carbocycles. The fourth-order valence-electron chi connectivity index (χ4n) is 3.28. The largest absolute Gasteiger partial charge is 0.480 e. The predicted molar refractivity (Wildman–Crippen MR) is 89.5 cm³/mol. The maximum atomic E-state index is 11.0. The van der Waals surface area contributed by atoms with Crippen molar-refractivity contribution in [2.45, 2.75) is 12.5 Å². The second-order valence-corrected chi connectivity index (χ2v) is 5.78. The third-order valence-corrected chi connectivity index (χ3v) is 4.30. The van der Waals surface area contributed by atoms with Gasteiger partial charge in [0.25, 0.3) is 0 Å². The minimum atomic E-state index is -0.968. The standard InChI is InChI=1S/C19H15NO2/c20-16(19(21)22)10-11-8-14-6-4-12-2-1-3-13-5-7-15(9-11)18(14)17(12)13/h1-9,16H,10,20H2,(H,21,22)/t16-/m1/s1. The molecule has 3 nitrogen and oxygen atoms in total. The highest BCUT2D eigenvalue weighted by molar-refractivity contribution is 6.23. The lowest BCUT2D eigenvalue weighted by Gasteiger charge is -2.13. The van der Waals surface area contributed by atoms with E-state index in [9.17, 15) is 4.79 Å². The summed E-state index contributed by atoms with van der Waals surface area (Å²) < 4.78 is 0. The van der Waals surface area contributed by atoms with E-state index in [0.717, 1.165) is 16.3 Å². The van der Waals surface area contributed by atoms with Crippen LogP contribution in [0.4, 0.5) is 0 Å². The van der Waals surface area contributed by atoms with Crippen LogP contribution in [0.25, 0.3) is 32.3 Å². The van der Waals surface area contributed by atoms with Gasteiger partial charge in [0, 0.05) is 0 Å². The molecule has 22 heavy (non-hydrogen) atoms. The first-order valence-corrected chi connectivity index (χ1v) is 7.28. The summed E-state index contributed by atoms with van der Waals surface area (Å²) in [7, 11) is 0. The zero-order valence-electron chi connectivity index (χ0n) is 11.9. The molecule has 3 heteroatoms. The SMILES string of the molecule is N[C@H](Cc1cc2ccc3cccc4ccc(c1)c2c34)C(=O)O. The van der Waals surface area contributed by atoms with Crippen molar-refractivity contribution in [3.63, 3.8) is 0 Å². The van der Waals surface area contributed by atoms with Crippen molar-refractivity contribution in [3.05, 3.63) is 60.2 Å². The van der Waals surface area contributed by atoms with E-state index in [1.54, 1.807) is 0 Å². The van der Waals surface area contributed by atoms with Crippen LogP contribution in [-0.4, -0.2) is 17.1 Å². The molecular weight excluding hydrogens is 274 g/mol. The molecular formula is C19H15NO2. The highest BCUT2D eigenvalue weighted by Gasteiger charge is 2.14. The normalized spacial score (nSPS) is 13.1. The summed E-state index contributed by atoms with van der Waals surface area (Å²) in [4.78, 5) is 11.0. The highest BCUT2D eigenvalue weighted by atomic mass is 16.4. The van der Waals surface area contributed by atoms with Crippen LogP contribution in [0.3, 0.4) is 0 Å². The molecule has 0 radical (unpaired) electrons. The summed E-state index contributed by atoms with van der Waals surface area (Å²) in [6, 6.07) is 18.0. The van der Waals surface area contributed by atoms with Gasteiger partial charge in [-0.2, -0.15) is 0 Å². The topological polar surface area (TPSA) is 63.3 Å². The molecule has 3 N–H and O–H groups in total. The molecule has 0 heterocycles. The summed E-state index contributed by atoms with van der Waals surface area (Å²) in [5.74, 6) is -0.968. The zero-order chi connectivity index (χ0) is 15.3. The number of rotatable bonds is 3. The van der Waals surface area contributed by atoms with Gasteiger partial charge in [-0.1, -0.05) is 54.6 Å². The number of carbonyl (C=O) groups is 1. The Kier molecular flexibility index (Phi) is 2.78. The monoisotopic (exact) mass is 289 g/mol. The molecule has 4 aromatic rings. The fourth-order valence-corrected chi connectivity index (χ4v) is 3.28. The molecule has 4 rings (SSSR count). The summed E-state index contributed by atoms with van der Waals surface area (Å²) in [6.45, 7) is 0. The second-order valence-electron chi connectivity index (χ2n) is 5.78. The summed E-state index contributed by atoms with van der Waals surface area (Å²) in [6.07, 6.45) is 0.339. The Morgan fingerprint density at radius 2 is 1.41 bits per heavy atom. The number of hydrogen-bond acceptors (Lipinski definition) is 2. The van der Waals surface area contributed by atoms with Gasteiger partial charge in [0.1, 0.15) is 6.04 Å². The van der Waals surface area contributed by atoms with Gasteiger partial charge in [-0.25, -0.2) is 0 Å². The van der Waals surface area contributed by atoms with Crippen LogP contribution in [0.2, 0.25) is 0 Å². The van der Waals surface area contributed by atoms with E-state index >= 15 is 0 Å². The average molecular weight is 289 g/mol. The van der Waals surface area contributed by atoms with Crippen molar-refractivity contribution in [2.75, 3.05) is 0 Å². The van der Waals surface area contributed by atoms with Gasteiger partial charge in [-0.05, 0) is 44.3 Å². The molecule has 0 bridgehead atoms. The van der Waals surface area contributed by atoms with E-state index in [1.165, 1.54) is 21.5 Å². The fraction of sp³-hybridized carbons (Fsp3) is 0.105. The van der Waals surface area contributed by atoms with Crippen LogP contribution >= 0.6 is 0 Å². The maximum absolute atomic E-state index is 11.0. The van der Waals surface area contributed by atoms with Crippen LogP contribution in [0, 0.1) is 0 Å². The number of hydrogen-bond donors (Lipinski definition) is 2. The Bertz CT molecular complexity index is 942. The van der Waals surface area contributed by atoms with Gasteiger partial charge >= 0.3 is 5.97 Å². The molecule has 0 aliphatic rings. The Labute approximate surface area is 127 Å². The summed E-state index contributed by atoms with van der Waals surface area (Å²) >= 11 is 0. The second kappa shape index (κ2) is 4.68. The molecule has 4 aromatic carbocycles. The first-order chi connectivity index (χ1) is 10.6. The van der Waals surface area contributed by atoms with Crippen molar-refractivity contribution in [2.24, 2.45) is 5.73 Å². The van der Waals surface area contributed by atoms with Gasteiger partial charge in [-0.3, -0.25) is 4.79 Å². The third kappa shape index (κ3) is 1.90. The highest BCUT2D eigenvalue weighted by Crippen LogP contribution is 2.35. The Balaban J connectivity index is 1.99. The number of carboxylic acids is 1. The maximum Gasteiger partial charge on any atom is 0.320 e. The van der Waals surface area contributed by atoms with Crippen LogP contribution in [0.1, 0.15) is 5.56 Å². The predicted octanol–water partition coefficient (Wildman–Crippen LogP) is 3.54. The van der Waals surface area contributed by atoms with Gasteiger partial charge in [-0.15, -0.1) is 0 Å². The molecule has 0 aliphatic heterocycles. The number of carboxylic acid groups (broad SMARTS) is 1. The van der Waals surface area contributed by atoms with E-state index < -0.39 is 12.0 Å². The first-order valence-electron chi connectivity index (χ1n) is 7.28. The minimum Gasteiger partial charge on any atom is -0.480 e. The van der Waals surface area contributed by atoms with E-state index in [2.05, 4.69) is 54.6 Å². The van der Waals surface area contributed by atoms with Gasteiger partial charge < -0.3 is 10.8 Å². The van der Waals surface area contributed by atoms with E-state index in [0.29, 0.717) is 6.42 Å². The number of benzene rings is 4. The Hall–Kier alpha value is -2.65. The molecule has 0 amide bonds. The Morgan fingerprint density at radius 3 is 1.95 bits per heavy atom. The number of aliphatic carboxylic acids is 1. The van der Waals surface area contributed by atoms with Gasteiger partial charge in [0.15, 0.2) is 0 Å². The quantitative estimate of drug-likeness (QED) is 0.567. The van der Waals surface area contributed by atoms with Crippen molar-refractivity contribution in [1.82, 2.24) is 0 Å². The van der Waals surface area contributed by atoms with Crippen molar-refractivity contribution >= 4 is 38.3 Å². The van der Waals surface area contributed by atoms with Crippen LogP contribution in [0.15, 0.2) is 54.6 Å². The molecule has 108 valence electrons. The first kappa shape index (κ1) is 13.0. The average Bonchev–Trinajstić information content (AvgIpc) is 2.52. The molecule has 0 aromatic heterocycles. The lowest BCUT2D eigenvalue weighted by molar-refractivity contribution is -0.138. The molecule has 0 saturated carbocycles. The molecule has 1 atom stereocenters. The third-order valence-electron chi connectivity index (χ3n) is 4.30. The lowest BCUT2D eigenvalue weighted by Crippen LogP contribution is -2.32. The van der Waals surface area contributed by atoms with Gasteiger partial charge in [0.05, 0.1) is 0 Å². The van der Waals surface area contributed by atoms with E-state index in [4.69, 9.17) is 10.8 Å². The van der Waals surface area contributed by atoms with Crippen LogP contribution in [0.5, 0.6) is 0 Å². The van der Waals surface area contributed by atoms with E-state index in [-0.39, 0.29) is 0 Å². The molecule has 0 spiro atoms. The molecule has 0 unspecified atom stereocenters. The summed E-state index contributed by atoms with van der Waals surface area (Å²) in [5.41, 5.74) is 6.63. The van der Waals surface area contributed by atoms with Gasteiger partial charge in [0.2, 0.25) is 0 Å². The summed E-state index contributed by atoms with van der Waals surface area (Å²) in [5, 5.41) is 16.2. The van der Waals surface area contributed by atoms with Crippen LogP contribution < -0.4 is 5.73 Å². The number of nitrogens with two attached hydrogens (primary N) is 1. The zero-order valence-corrected chi connectivity index (χ0v) is 11.9. The molecule has 0 saturated heterocycles. The molecule has 0 fully saturated rings. The lowest BCUT2D eigenvalue weighted by atomic mass is 9.92.